The molecule has 0 heterocycles. The van der Waals surface area contributed by atoms with Crippen LogP contribution >= 0.6 is 0 Å². The monoisotopic (exact) mass is 390 g/mol. The number of sulfonamides is 1. The lowest BCUT2D eigenvalue weighted by Gasteiger charge is -2.20. The second kappa shape index (κ2) is 9.01. The molecule has 0 aliphatic heterocycles. The van der Waals surface area contributed by atoms with Crippen molar-refractivity contribution >= 4 is 15.9 Å². The number of carbonyl (C=O) groups is 1. The molecule has 1 N–H and O–H groups in total. The second-order valence-corrected chi connectivity index (χ2v) is 8.50. The third-order valence-corrected chi connectivity index (χ3v) is 5.70. The van der Waals surface area contributed by atoms with E-state index in [0.29, 0.717) is 23.5 Å². The van der Waals surface area contributed by atoms with Crippen LogP contribution in [0.5, 0.6) is 5.75 Å². The van der Waals surface area contributed by atoms with Gasteiger partial charge in [0.05, 0.1) is 11.5 Å². The van der Waals surface area contributed by atoms with E-state index in [0.717, 1.165) is 0 Å². The predicted octanol–water partition coefficient (Wildman–Crippen LogP) is 3.04. The third-order valence-electron chi connectivity index (χ3n) is 3.89. The molecule has 0 radical (unpaired) electrons. The number of nitrogens with one attached hydrogen (secondary N) is 1. The van der Waals surface area contributed by atoms with Gasteiger partial charge in [-0.25, -0.2) is 8.42 Å². The van der Waals surface area contributed by atoms with Gasteiger partial charge in [-0.2, -0.15) is 4.31 Å². The van der Waals surface area contributed by atoms with Crippen molar-refractivity contribution in [3.05, 3.63) is 59.7 Å². The number of rotatable bonds is 8. The molecule has 27 heavy (non-hydrogen) atoms. The standard InChI is InChI=1S/C20H26N2O4S/c1-5-26-19-12-11-16(20(23)21-15(2)3)13-17(19)14-22(4)27(24,25)18-9-7-6-8-10-18/h6-13,15H,5,14H2,1-4H3,(H,21,23). The Balaban J connectivity index is 2.33. The Kier molecular flexibility index (Phi) is 6.98. The quantitative estimate of drug-likeness (QED) is 0.752. The molecule has 2 aromatic carbocycles. The van der Waals surface area contributed by atoms with E-state index in [1.165, 1.54) is 11.4 Å². The molecule has 2 aromatic rings. The number of carbonyl (C=O) groups excluding carboxylic acids is 1. The van der Waals surface area contributed by atoms with Crippen LogP contribution in [0, 0.1) is 0 Å². The van der Waals surface area contributed by atoms with Gasteiger partial charge in [-0.05, 0) is 51.1 Å². The average molecular weight is 391 g/mol. The summed E-state index contributed by atoms with van der Waals surface area (Å²) in [6, 6.07) is 13.3. The fraction of sp³-hybridized carbons (Fsp3) is 0.350. The summed E-state index contributed by atoms with van der Waals surface area (Å²) in [6.45, 7) is 6.16. The largest absolute Gasteiger partial charge is 0.494 e. The Morgan fingerprint density at radius 2 is 1.81 bits per heavy atom. The molecule has 0 aliphatic carbocycles. The number of amides is 1. The summed E-state index contributed by atoms with van der Waals surface area (Å²) in [7, 11) is -2.13. The van der Waals surface area contributed by atoms with Gasteiger partial charge in [-0.3, -0.25) is 4.79 Å². The van der Waals surface area contributed by atoms with Gasteiger partial charge in [0.1, 0.15) is 5.75 Å². The first kappa shape index (κ1) is 20.9. The second-order valence-electron chi connectivity index (χ2n) is 6.46. The van der Waals surface area contributed by atoms with Crippen LogP contribution in [0.15, 0.2) is 53.4 Å². The van der Waals surface area contributed by atoms with Gasteiger partial charge >= 0.3 is 0 Å². The van der Waals surface area contributed by atoms with E-state index in [1.807, 2.05) is 20.8 Å². The van der Waals surface area contributed by atoms with Crippen LogP contribution in [0.25, 0.3) is 0 Å². The van der Waals surface area contributed by atoms with Crippen molar-refractivity contribution < 1.29 is 17.9 Å². The lowest BCUT2D eigenvalue weighted by Crippen LogP contribution is -2.30. The number of hydrogen-bond donors (Lipinski definition) is 1. The molecule has 0 unspecified atom stereocenters. The molecule has 0 saturated carbocycles. The molecular weight excluding hydrogens is 364 g/mol. The molecule has 0 aliphatic rings. The molecule has 0 atom stereocenters. The van der Waals surface area contributed by atoms with E-state index in [4.69, 9.17) is 4.74 Å². The molecule has 7 heteroatoms. The zero-order chi connectivity index (χ0) is 20.0. The van der Waals surface area contributed by atoms with Gasteiger partial charge in [-0.15, -0.1) is 0 Å². The Morgan fingerprint density at radius 1 is 1.15 bits per heavy atom. The van der Waals surface area contributed by atoms with E-state index in [1.54, 1.807) is 48.5 Å². The van der Waals surface area contributed by atoms with E-state index in [-0.39, 0.29) is 23.4 Å². The van der Waals surface area contributed by atoms with Crippen molar-refractivity contribution in [3.8, 4) is 5.75 Å². The smallest absolute Gasteiger partial charge is 0.251 e. The van der Waals surface area contributed by atoms with Crippen LogP contribution in [-0.4, -0.2) is 38.3 Å². The fourth-order valence-corrected chi connectivity index (χ4v) is 3.75. The number of nitrogens with zero attached hydrogens (tertiary/aromatic N) is 1. The Bertz CT molecular complexity index is 880. The van der Waals surface area contributed by atoms with E-state index >= 15 is 0 Å². The molecule has 0 bridgehead atoms. The minimum absolute atomic E-state index is 0.00801. The Hall–Kier alpha value is -2.38. The van der Waals surface area contributed by atoms with Crippen LogP contribution in [0.2, 0.25) is 0 Å². The summed E-state index contributed by atoms with van der Waals surface area (Å²) in [6.07, 6.45) is 0. The minimum atomic E-state index is -3.64. The van der Waals surface area contributed by atoms with Crippen molar-refractivity contribution in [1.29, 1.82) is 0 Å². The van der Waals surface area contributed by atoms with Crippen molar-refractivity contribution in [1.82, 2.24) is 9.62 Å². The maximum Gasteiger partial charge on any atom is 0.251 e. The van der Waals surface area contributed by atoms with Gasteiger partial charge in [0.15, 0.2) is 0 Å². The summed E-state index contributed by atoms with van der Waals surface area (Å²) < 4.78 is 32.4. The third kappa shape index (κ3) is 5.30. The number of benzene rings is 2. The summed E-state index contributed by atoms with van der Waals surface area (Å²) in [5, 5.41) is 2.84. The number of ether oxygens (including phenoxy) is 1. The first-order valence-corrected chi connectivity index (χ1v) is 10.3. The fourth-order valence-electron chi connectivity index (χ4n) is 2.58. The van der Waals surface area contributed by atoms with E-state index in [9.17, 15) is 13.2 Å². The molecule has 0 fully saturated rings. The summed E-state index contributed by atoms with van der Waals surface area (Å²) in [4.78, 5) is 12.5. The molecular formula is C20H26N2O4S. The minimum Gasteiger partial charge on any atom is -0.494 e. The first-order valence-electron chi connectivity index (χ1n) is 8.83. The highest BCUT2D eigenvalue weighted by atomic mass is 32.2. The average Bonchev–Trinajstić information content (AvgIpc) is 2.63. The van der Waals surface area contributed by atoms with Crippen molar-refractivity contribution in [3.63, 3.8) is 0 Å². The Morgan fingerprint density at radius 3 is 2.41 bits per heavy atom. The lowest BCUT2D eigenvalue weighted by molar-refractivity contribution is 0.0943. The van der Waals surface area contributed by atoms with Gasteiger partial charge in [0.2, 0.25) is 10.0 Å². The van der Waals surface area contributed by atoms with Gasteiger partial charge in [-0.1, -0.05) is 18.2 Å². The molecule has 0 aromatic heterocycles. The number of hydrogen-bond acceptors (Lipinski definition) is 4. The first-order chi connectivity index (χ1) is 12.8. The highest BCUT2D eigenvalue weighted by Gasteiger charge is 2.22. The van der Waals surface area contributed by atoms with Crippen molar-refractivity contribution in [2.24, 2.45) is 0 Å². The highest BCUT2D eigenvalue weighted by Crippen LogP contribution is 2.24. The predicted molar refractivity (Wildman–Crippen MR) is 105 cm³/mol. The highest BCUT2D eigenvalue weighted by molar-refractivity contribution is 7.89. The van der Waals surface area contributed by atoms with Crippen LogP contribution in [-0.2, 0) is 16.6 Å². The summed E-state index contributed by atoms with van der Waals surface area (Å²) in [5.41, 5.74) is 1.10. The van der Waals surface area contributed by atoms with Gasteiger partial charge in [0.25, 0.3) is 5.91 Å². The molecule has 2 rings (SSSR count). The van der Waals surface area contributed by atoms with E-state index < -0.39 is 10.0 Å². The van der Waals surface area contributed by atoms with Crippen LogP contribution in [0.4, 0.5) is 0 Å². The molecule has 0 spiro atoms. The maximum absolute atomic E-state index is 12.8. The van der Waals surface area contributed by atoms with Crippen LogP contribution in [0.3, 0.4) is 0 Å². The normalized spacial score (nSPS) is 11.6. The lowest BCUT2D eigenvalue weighted by atomic mass is 10.1. The van der Waals surface area contributed by atoms with Crippen molar-refractivity contribution in [2.45, 2.75) is 38.3 Å². The zero-order valence-electron chi connectivity index (χ0n) is 16.1. The molecule has 1 amide bonds. The van der Waals surface area contributed by atoms with Crippen LogP contribution in [0.1, 0.15) is 36.7 Å². The van der Waals surface area contributed by atoms with Crippen molar-refractivity contribution in [2.75, 3.05) is 13.7 Å². The van der Waals surface area contributed by atoms with E-state index in [2.05, 4.69) is 5.32 Å². The van der Waals surface area contributed by atoms with Crippen LogP contribution < -0.4 is 10.1 Å². The molecule has 6 nitrogen and oxygen atoms in total. The molecule has 0 saturated heterocycles. The van der Waals surface area contributed by atoms with Gasteiger partial charge in [0, 0.05) is 30.8 Å². The summed E-state index contributed by atoms with van der Waals surface area (Å²) in [5.74, 6) is 0.358. The zero-order valence-corrected chi connectivity index (χ0v) is 16.9. The molecule has 146 valence electrons. The maximum atomic E-state index is 12.8. The Labute approximate surface area is 161 Å². The topological polar surface area (TPSA) is 75.7 Å². The van der Waals surface area contributed by atoms with Gasteiger partial charge < -0.3 is 10.1 Å². The summed E-state index contributed by atoms with van der Waals surface area (Å²) >= 11 is 0. The SMILES string of the molecule is CCOc1ccc(C(=O)NC(C)C)cc1CN(C)S(=O)(=O)c1ccccc1.